The first kappa shape index (κ1) is 15.1. The first-order valence-electron chi connectivity index (χ1n) is 6.96. The molecular weight excluding hydrogens is 276 g/mol. The number of halogens is 1. The van der Waals surface area contributed by atoms with E-state index in [2.05, 4.69) is 10.6 Å². The van der Waals surface area contributed by atoms with Gasteiger partial charge in [-0.2, -0.15) is 0 Å². The molecule has 1 amide bonds. The molecule has 0 saturated heterocycles. The molecule has 1 aromatic rings. The van der Waals surface area contributed by atoms with Crippen LogP contribution in [0.5, 0.6) is 5.75 Å². The number of amides is 1. The van der Waals surface area contributed by atoms with Gasteiger partial charge in [0, 0.05) is 23.2 Å². The van der Waals surface area contributed by atoms with Gasteiger partial charge in [-0.15, -0.1) is 0 Å². The van der Waals surface area contributed by atoms with Crippen LogP contribution in [0.15, 0.2) is 18.2 Å². The molecular formula is C15H21ClN2O2. The van der Waals surface area contributed by atoms with Gasteiger partial charge in [-0.25, -0.2) is 0 Å². The van der Waals surface area contributed by atoms with Gasteiger partial charge in [-0.05, 0) is 50.9 Å². The Morgan fingerprint density at radius 3 is 2.90 bits per heavy atom. The molecule has 1 unspecified atom stereocenters. The van der Waals surface area contributed by atoms with E-state index in [1.807, 2.05) is 20.0 Å². The van der Waals surface area contributed by atoms with Crippen LogP contribution in [0.1, 0.15) is 31.4 Å². The summed E-state index contributed by atoms with van der Waals surface area (Å²) in [5, 5.41) is 6.69. The summed E-state index contributed by atoms with van der Waals surface area (Å²) in [5.41, 5.74) is 0.954. The summed E-state index contributed by atoms with van der Waals surface area (Å²) in [4.78, 5) is 11.7. The molecule has 0 aliphatic heterocycles. The van der Waals surface area contributed by atoms with E-state index in [1.54, 1.807) is 12.1 Å². The summed E-state index contributed by atoms with van der Waals surface area (Å²) in [5.74, 6) is 1.29. The van der Waals surface area contributed by atoms with Gasteiger partial charge in [0.1, 0.15) is 5.75 Å². The molecule has 1 saturated carbocycles. The van der Waals surface area contributed by atoms with Crippen LogP contribution in [-0.2, 0) is 4.79 Å². The molecule has 0 bridgehead atoms. The summed E-state index contributed by atoms with van der Waals surface area (Å²) in [7, 11) is 1.87. The molecule has 5 heteroatoms. The van der Waals surface area contributed by atoms with Crippen molar-refractivity contribution in [2.75, 3.05) is 20.2 Å². The standard InChI is InChI=1S/C15H21ClN2O2/c1-10(17-2)13-7-12(16)5-6-14(13)20-9-15(19)18-8-11-3-4-11/h5-7,10-11,17H,3-4,8-9H2,1-2H3,(H,18,19). The lowest BCUT2D eigenvalue weighted by Gasteiger charge is -2.16. The fourth-order valence-corrected chi connectivity index (χ4v) is 2.10. The third kappa shape index (κ3) is 4.39. The molecule has 1 fully saturated rings. The van der Waals surface area contributed by atoms with Crippen molar-refractivity contribution in [2.45, 2.75) is 25.8 Å². The Kier molecular flexibility index (Phi) is 5.26. The highest BCUT2D eigenvalue weighted by atomic mass is 35.5. The van der Waals surface area contributed by atoms with Crippen LogP contribution >= 0.6 is 11.6 Å². The highest BCUT2D eigenvalue weighted by Gasteiger charge is 2.21. The van der Waals surface area contributed by atoms with E-state index in [-0.39, 0.29) is 18.6 Å². The second kappa shape index (κ2) is 6.95. The second-order valence-corrected chi connectivity index (χ2v) is 5.67. The van der Waals surface area contributed by atoms with Crippen molar-refractivity contribution in [1.82, 2.24) is 10.6 Å². The van der Waals surface area contributed by atoms with E-state index in [0.717, 1.165) is 12.1 Å². The predicted molar refractivity (Wildman–Crippen MR) is 80.2 cm³/mol. The largest absolute Gasteiger partial charge is 0.483 e. The van der Waals surface area contributed by atoms with Gasteiger partial charge in [0.2, 0.25) is 0 Å². The Labute approximate surface area is 124 Å². The van der Waals surface area contributed by atoms with E-state index in [9.17, 15) is 4.79 Å². The van der Waals surface area contributed by atoms with Gasteiger partial charge in [0.25, 0.3) is 5.91 Å². The van der Waals surface area contributed by atoms with E-state index < -0.39 is 0 Å². The van der Waals surface area contributed by atoms with E-state index in [0.29, 0.717) is 16.7 Å². The normalized spacial score (nSPS) is 15.8. The molecule has 20 heavy (non-hydrogen) atoms. The van der Waals surface area contributed by atoms with Crippen molar-refractivity contribution in [3.8, 4) is 5.75 Å². The van der Waals surface area contributed by atoms with Crippen molar-refractivity contribution in [1.29, 1.82) is 0 Å². The van der Waals surface area contributed by atoms with Crippen molar-refractivity contribution in [3.63, 3.8) is 0 Å². The average Bonchev–Trinajstić information content (AvgIpc) is 3.27. The molecule has 1 atom stereocenters. The van der Waals surface area contributed by atoms with E-state index in [1.165, 1.54) is 12.8 Å². The minimum absolute atomic E-state index is 0.0395. The van der Waals surface area contributed by atoms with Crippen molar-refractivity contribution >= 4 is 17.5 Å². The minimum Gasteiger partial charge on any atom is -0.483 e. The zero-order valence-electron chi connectivity index (χ0n) is 11.9. The number of ether oxygens (including phenoxy) is 1. The van der Waals surface area contributed by atoms with Gasteiger partial charge in [0.15, 0.2) is 6.61 Å². The maximum Gasteiger partial charge on any atom is 0.257 e. The Bertz CT molecular complexity index is 475. The van der Waals surface area contributed by atoms with E-state index in [4.69, 9.17) is 16.3 Å². The number of carbonyl (C=O) groups is 1. The molecule has 4 nitrogen and oxygen atoms in total. The number of hydrogen-bond acceptors (Lipinski definition) is 3. The predicted octanol–water partition coefficient (Wildman–Crippen LogP) is 2.53. The monoisotopic (exact) mass is 296 g/mol. The Hall–Kier alpha value is -1.26. The number of nitrogens with one attached hydrogen (secondary N) is 2. The number of carbonyl (C=O) groups excluding carboxylic acids is 1. The SMILES string of the molecule is CNC(C)c1cc(Cl)ccc1OCC(=O)NCC1CC1. The van der Waals surface area contributed by atoms with Crippen LogP contribution in [-0.4, -0.2) is 26.1 Å². The number of hydrogen-bond donors (Lipinski definition) is 2. The lowest BCUT2D eigenvalue weighted by Crippen LogP contribution is -2.30. The van der Waals surface area contributed by atoms with E-state index >= 15 is 0 Å². The van der Waals surface area contributed by atoms with Crippen molar-refractivity contribution < 1.29 is 9.53 Å². The summed E-state index contributed by atoms with van der Waals surface area (Å²) in [6.07, 6.45) is 2.45. The highest BCUT2D eigenvalue weighted by molar-refractivity contribution is 6.30. The Morgan fingerprint density at radius 2 is 2.25 bits per heavy atom. The van der Waals surface area contributed by atoms with Crippen LogP contribution in [0.4, 0.5) is 0 Å². The van der Waals surface area contributed by atoms with Crippen molar-refractivity contribution in [3.05, 3.63) is 28.8 Å². The van der Waals surface area contributed by atoms with Crippen LogP contribution in [0.2, 0.25) is 5.02 Å². The number of rotatable bonds is 7. The van der Waals surface area contributed by atoms with Crippen LogP contribution in [0.25, 0.3) is 0 Å². The number of benzene rings is 1. The molecule has 1 aliphatic rings. The van der Waals surface area contributed by atoms with Crippen molar-refractivity contribution in [2.24, 2.45) is 5.92 Å². The Morgan fingerprint density at radius 1 is 1.50 bits per heavy atom. The Balaban J connectivity index is 1.91. The summed E-state index contributed by atoms with van der Waals surface area (Å²) in [6, 6.07) is 5.54. The fourth-order valence-electron chi connectivity index (χ4n) is 1.92. The quantitative estimate of drug-likeness (QED) is 0.813. The molecule has 0 spiro atoms. The van der Waals surface area contributed by atoms with Gasteiger partial charge in [0.05, 0.1) is 0 Å². The molecule has 110 valence electrons. The van der Waals surface area contributed by atoms with Crippen LogP contribution in [0.3, 0.4) is 0 Å². The third-order valence-electron chi connectivity index (χ3n) is 3.51. The van der Waals surface area contributed by atoms with Crippen LogP contribution in [0, 0.1) is 5.92 Å². The maximum atomic E-state index is 11.7. The molecule has 1 aromatic carbocycles. The first-order valence-corrected chi connectivity index (χ1v) is 7.34. The topological polar surface area (TPSA) is 50.4 Å². The molecule has 2 rings (SSSR count). The first-order chi connectivity index (χ1) is 9.60. The van der Waals surface area contributed by atoms with Gasteiger partial charge < -0.3 is 15.4 Å². The second-order valence-electron chi connectivity index (χ2n) is 5.23. The molecule has 0 radical (unpaired) electrons. The fraction of sp³-hybridized carbons (Fsp3) is 0.533. The van der Waals surface area contributed by atoms with Gasteiger partial charge in [-0.3, -0.25) is 4.79 Å². The summed E-state index contributed by atoms with van der Waals surface area (Å²) in [6.45, 7) is 2.83. The average molecular weight is 297 g/mol. The lowest BCUT2D eigenvalue weighted by molar-refractivity contribution is -0.123. The minimum atomic E-state index is -0.0742. The highest BCUT2D eigenvalue weighted by Crippen LogP contribution is 2.28. The molecule has 2 N–H and O–H groups in total. The van der Waals surface area contributed by atoms with Crippen LogP contribution < -0.4 is 15.4 Å². The lowest BCUT2D eigenvalue weighted by atomic mass is 10.1. The maximum absolute atomic E-state index is 11.7. The van der Waals surface area contributed by atoms with Gasteiger partial charge >= 0.3 is 0 Å². The molecule has 0 heterocycles. The zero-order chi connectivity index (χ0) is 14.5. The summed E-state index contributed by atoms with van der Waals surface area (Å²) >= 11 is 6.01. The van der Waals surface area contributed by atoms with Gasteiger partial charge in [-0.1, -0.05) is 11.6 Å². The zero-order valence-corrected chi connectivity index (χ0v) is 12.7. The summed E-state index contributed by atoms with van der Waals surface area (Å²) < 4.78 is 5.62. The third-order valence-corrected chi connectivity index (χ3v) is 3.75. The molecule has 1 aliphatic carbocycles. The smallest absolute Gasteiger partial charge is 0.257 e. The molecule has 0 aromatic heterocycles.